The lowest BCUT2D eigenvalue weighted by Gasteiger charge is -2.11. The van der Waals surface area contributed by atoms with Crippen molar-refractivity contribution in [3.05, 3.63) is 70.1 Å². The van der Waals surface area contributed by atoms with Crippen LogP contribution < -0.4 is 14.8 Å². The van der Waals surface area contributed by atoms with Gasteiger partial charge in [0.1, 0.15) is 0 Å². The van der Waals surface area contributed by atoms with Crippen LogP contribution in [0.25, 0.3) is 0 Å². The molecule has 0 atom stereocenters. The van der Waals surface area contributed by atoms with Gasteiger partial charge in [0.2, 0.25) is 0 Å². The molecule has 1 amide bonds. The van der Waals surface area contributed by atoms with E-state index in [9.17, 15) is 14.4 Å². The molecule has 10 heteroatoms. The fourth-order valence-electron chi connectivity index (χ4n) is 2.68. The lowest BCUT2D eigenvalue weighted by Crippen LogP contribution is -2.19. The Morgan fingerprint density at radius 1 is 1.15 bits per heavy atom. The number of esters is 2. The van der Waals surface area contributed by atoms with Gasteiger partial charge in [0.05, 0.1) is 30.4 Å². The van der Waals surface area contributed by atoms with Crippen molar-refractivity contribution in [2.75, 3.05) is 13.7 Å². The highest BCUT2D eigenvalue weighted by Crippen LogP contribution is 2.29. The van der Waals surface area contributed by atoms with Gasteiger partial charge in [0.15, 0.2) is 16.7 Å². The summed E-state index contributed by atoms with van der Waals surface area (Å²) in [6.45, 7) is 4.08. The van der Waals surface area contributed by atoms with Crippen LogP contribution in [0.1, 0.15) is 28.4 Å². The molecule has 2 aromatic carbocycles. The zero-order valence-electron chi connectivity index (χ0n) is 18.2. The van der Waals surface area contributed by atoms with E-state index in [1.165, 1.54) is 13.3 Å². The minimum absolute atomic E-state index is 0.161. The monoisotopic (exact) mass is 467 g/mol. The standard InChI is InChI=1S/C23H21N3O6S/c1-4-31-18-11-15(8-9-17(18)32-22(29)16-7-5-6-14(2)10-16)13-24-26-23-25-21(28)19(33-23)12-20(27)30-3/h5-13H,4H2,1-3H3,(H,25,26,28)/b19-12+,24-13?. The van der Waals surface area contributed by atoms with Crippen molar-refractivity contribution in [2.24, 2.45) is 10.2 Å². The molecule has 0 saturated carbocycles. The first-order valence-electron chi connectivity index (χ1n) is 9.85. The molecule has 1 fully saturated rings. The molecule has 1 N–H and O–H groups in total. The van der Waals surface area contributed by atoms with Crippen LogP contribution in [0.15, 0.2) is 63.6 Å². The molecule has 0 spiro atoms. The van der Waals surface area contributed by atoms with E-state index >= 15 is 0 Å². The van der Waals surface area contributed by atoms with E-state index < -0.39 is 17.8 Å². The Kier molecular flexibility index (Phi) is 7.98. The molecule has 1 saturated heterocycles. The number of rotatable bonds is 7. The maximum Gasteiger partial charge on any atom is 0.343 e. The molecule has 3 rings (SSSR count). The maximum absolute atomic E-state index is 12.5. The Hall–Kier alpha value is -3.92. The second-order valence-electron chi connectivity index (χ2n) is 6.64. The average molecular weight is 468 g/mol. The van der Waals surface area contributed by atoms with E-state index in [2.05, 4.69) is 20.3 Å². The van der Waals surface area contributed by atoms with Gasteiger partial charge in [-0.05, 0) is 61.5 Å². The van der Waals surface area contributed by atoms with Gasteiger partial charge in [-0.15, -0.1) is 5.10 Å². The van der Waals surface area contributed by atoms with E-state index in [1.807, 2.05) is 19.9 Å². The number of aryl methyl sites for hydroxylation is 1. The zero-order valence-corrected chi connectivity index (χ0v) is 19.0. The molecule has 33 heavy (non-hydrogen) atoms. The molecule has 0 aromatic heterocycles. The summed E-state index contributed by atoms with van der Waals surface area (Å²) >= 11 is 0.971. The Bertz CT molecular complexity index is 1170. The van der Waals surface area contributed by atoms with Gasteiger partial charge >= 0.3 is 11.9 Å². The zero-order chi connectivity index (χ0) is 23.8. The van der Waals surface area contributed by atoms with Crippen molar-refractivity contribution in [2.45, 2.75) is 13.8 Å². The smallest absolute Gasteiger partial charge is 0.343 e. The SMILES string of the molecule is CCOc1cc(C=N/N=C2/NC(=O)/C(=C\C(=O)OC)S2)ccc1OC(=O)c1cccc(C)c1. The number of nitrogens with zero attached hydrogens (tertiary/aromatic N) is 2. The number of amides is 1. The van der Waals surface area contributed by atoms with E-state index in [1.54, 1.807) is 36.4 Å². The largest absolute Gasteiger partial charge is 0.490 e. The summed E-state index contributed by atoms with van der Waals surface area (Å²) in [6, 6.07) is 12.1. The summed E-state index contributed by atoms with van der Waals surface area (Å²) < 4.78 is 15.6. The molecular formula is C23H21N3O6S. The molecule has 0 radical (unpaired) electrons. The van der Waals surface area contributed by atoms with Crippen molar-refractivity contribution >= 4 is 41.0 Å². The van der Waals surface area contributed by atoms with Gasteiger partial charge in [0, 0.05) is 6.08 Å². The molecular weight excluding hydrogens is 446 g/mol. The number of carbonyl (C=O) groups excluding carboxylic acids is 3. The predicted octanol–water partition coefficient (Wildman–Crippen LogP) is 3.22. The highest BCUT2D eigenvalue weighted by molar-refractivity contribution is 8.18. The van der Waals surface area contributed by atoms with Crippen LogP contribution in [-0.2, 0) is 14.3 Å². The third-order valence-electron chi connectivity index (χ3n) is 4.18. The average Bonchev–Trinajstić information content (AvgIpc) is 3.14. The minimum Gasteiger partial charge on any atom is -0.490 e. The highest BCUT2D eigenvalue weighted by atomic mass is 32.2. The third-order valence-corrected chi connectivity index (χ3v) is 5.08. The summed E-state index contributed by atoms with van der Waals surface area (Å²) in [5.41, 5.74) is 2.03. The number of nitrogens with one attached hydrogen (secondary N) is 1. The number of benzene rings is 2. The van der Waals surface area contributed by atoms with Crippen molar-refractivity contribution in [1.82, 2.24) is 5.32 Å². The van der Waals surface area contributed by atoms with Crippen LogP contribution in [0.2, 0.25) is 0 Å². The Balaban J connectivity index is 1.72. The summed E-state index contributed by atoms with van der Waals surface area (Å²) in [4.78, 5) is 35.8. The Morgan fingerprint density at radius 3 is 2.70 bits per heavy atom. The summed E-state index contributed by atoms with van der Waals surface area (Å²) in [6.07, 6.45) is 2.54. The first kappa shape index (κ1) is 23.7. The van der Waals surface area contributed by atoms with Crippen molar-refractivity contribution in [1.29, 1.82) is 0 Å². The summed E-state index contributed by atoms with van der Waals surface area (Å²) in [7, 11) is 1.22. The first-order chi connectivity index (χ1) is 15.9. The van der Waals surface area contributed by atoms with Gasteiger partial charge in [0.25, 0.3) is 5.91 Å². The van der Waals surface area contributed by atoms with Crippen LogP contribution in [0.5, 0.6) is 11.5 Å². The number of hydrogen-bond acceptors (Lipinski definition) is 9. The highest BCUT2D eigenvalue weighted by Gasteiger charge is 2.25. The number of methoxy groups -OCH3 is 1. The van der Waals surface area contributed by atoms with Crippen molar-refractivity contribution < 1.29 is 28.6 Å². The van der Waals surface area contributed by atoms with Crippen LogP contribution in [0.3, 0.4) is 0 Å². The molecule has 0 unspecified atom stereocenters. The normalized spacial score (nSPS) is 15.7. The summed E-state index contributed by atoms with van der Waals surface area (Å²) in [5.74, 6) is -0.927. The molecule has 0 aliphatic carbocycles. The number of carbonyl (C=O) groups is 3. The summed E-state index contributed by atoms with van der Waals surface area (Å²) in [5, 5.41) is 10.6. The fourth-order valence-corrected chi connectivity index (χ4v) is 3.42. The second-order valence-corrected chi connectivity index (χ2v) is 7.67. The van der Waals surface area contributed by atoms with E-state index in [0.717, 1.165) is 23.4 Å². The number of hydrogen-bond donors (Lipinski definition) is 1. The van der Waals surface area contributed by atoms with E-state index in [4.69, 9.17) is 9.47 Å². The third kappa shape index (κ3) is 6.53. The number of ether oxygens (including phenoxy) is 3. The Morgan fingerprint density at radius 2 is 1.97 bits per heavy atom. The lowest BCUT2D eigenvalue weighted by molar-refractivity contribution is -0.135. The Labute approximate surface area is 194 Å². The number of thioether (sulfide) groups is 1. The van der Waals surface area contributed by atoms with E-state index in [-0.39, 0.29) is 15.8 Å². The quantitative estimate of drug-likeness (QED) is 0.219. The lowest BCUT2D eigenvalue weighted by atomic mass is 10.1. The van der Waals surface area contributed by atoms with Crippen LogP contribution in [0, 0.1) is 6.92 Å². The molecule has 2 aromatic rings. The number of amidine groups is 1. The van der Waals surface area contributed by atoms with Gasteiger partial charge in [-0.2, -0.15) is 5.10 Å². The van der Waals surface area contributed by atoms with Crippen molar-refractivity contribution in [3.63, 3.8) is 0 Å². The maximum atomic E-state index is 12.5. The topological polar surface area (TPSA) is 116 Å². The van der Waals surface area contributed by atoms with Crippen LogP contribution >= 0.6 is 11.8 Å². The van der Waals surface area contributed by atoms with Gasteiger partial charge in [-0.25, -0.2) is 9.59 Å². The second kappa shape index (κ2) is 11.1. The molecule has 1 aliphatic heterocycles. The molecule has 170 valence electrons. The molecule has 1 aliphatic rings. The van der Waals surface area contributed by atoms with Crippen LogP contribution in [0.4, 0.5) is 0 Å². The predicted molar refractivity (Wildman–Crippen MR) is 125 cm³/mol. The minimum atomic E-state index is -0.635. The van der Waals surface area contributed by atoms with Gasteiger partial charge < -0.3 is 14.2 Å². The van der Waals surface area contributed by atoms with Gasteiger partial charge in [-0.1, -0.05) is 17.7 Å². The first-order valence-corrected chi connectivity index (χ1v) is 10.7. The molecule has 1 heterocycles. The van der Waals surface area contributed by atoms with E-state index in [0.29, 0.717) is 23.5 Å². The molecule has 0 bridgehead atoms. The van der Waals surface area contributed by atoms with Gasteiger partial charge in [-0.3, -0.25) is 10.1 Å². The fraction of sp³-hybridized carbons (Fsp3) is 0.174. The van der Waals surface area contributed by atoms with Crippen molar-refractivity contribution in [3.8, 4) is 11.5 Å². The molecule has 9 nitrogen and oxygen atoms in total. The van der Waals surface area contributed by atoms with Crippen LogP contribution in [-0.4, -0.2) is 42.9 Å².